The molecule has 188 valence electrons. The van der Waals surface area contributed by atoms with Crippen molar-refractivity contribution in [3.05, 3.63) is 82.5 Å². The molecule has 0 saturated heterocycles. The van der Waals surface area contributed by atoms with Crippen molar-refractivity contribution in [2.75, 3.05) is 0 Å². The molecule has 0 spiro atoms. The van der Waals surface area contributed by atoms with Crippen LogP contribution in [0.5, 0.6) is 0 Å². The topological polar surface area (TPSA) is 0 Å². The van der Waals surface area contributed by atoms with E-state index in [-0.39, 0.29) is 11.8 Å². The first-order chi connectivity index (χ1) is 16.9. The minimum atomic E-state index is -0.772. The molecule has 2 aromatic carbocycles. The fourth-order valence-electron chi connectivity index (χ4n) is 5.73. The summed E-state index contributed by atoms with van der Waals surface area (Å²) < 4.78 is 58.6. The van der Waals surface area contributed by atoms with Crippen LogP contribution in [-0.2, 0) is 6.42 Å². The molecule has 1 atom stereocenters. The number of allylic oxidation sites excluding steroid dienone is 4. The molecule has 1 fully saturated rings. The summed E-state index contributed by atoms with van der Waals surface area (Å²) in [6.45, 7) is 3.99. The lowest BCUT2D eigenvalue weighted by Crippen LogP contribution is -2.15. The maximum Gasteiger partial charge on any atom is 0.166 e. The highest BCUT2D eigenvalue weighted by Crippen LogP contribution is 2.42. The van der Waals surface area contributed by atoms with Gasteiger partial charge in [-0.15, -0.1) is 0 Å². The number of halogens is 4. The number of rotatable bonds is 8. The second-order valence-corrected chi connectivity index (χ2v) is 10.3. The van der Waals surface area contributed by atoms with Crippen LogP contribution in [0.4, 0.5) is 17.6 Å². The maximum atomic E-state index is 15.1. The van der Waals surface area contributed by atoms with Gasteiger partial charge in [-0.3, -0.25) is 0 Å². The summed E-state index contributed by atoms with van der Waals surface area (Å²) in [5.41, 5.74) is 3.15. The maximum absolute atomic E-state index is 15.1. The van der Waals surface area contributed by atoms with Crippen LogP contribution in [0.2, 0.25) is 0 Å². The van der Waals surface area contributed by atoms with Crippen LogP contribution in [0, 0.1) is 23.5 Å². The third kappa shape index (κ3) is 5.73. The highest BCUT2D eigenvalue weighted by molar-refractivity contribution is 5.65. The van der Waals surface area contributed by atoms with Gasteiger partial charge in [-0.1, -0.05) is 62.7 Å². The minimum Gasteiger partial charge on any atom is -0.208 e. The second-order valence-electron chi connectivity index (χ2n) is 10.3. The molecule has 0 bridgehead atoms. The molecule has 0 aliphatic heterocycles. The first-order valence-electron chi connectivity index (χ1n) is 13.2. The summed E-state index contributed by atoms with van der Waals surface area (Å²) in [7, 11) is 0. The average Bonchev–Trinajstić information content (AvgIpc) is 2.88. The molecule has 1 saturated carbocycles. The van der Waals surface area contributed by atoms with Crippen molar-refractivity contribution < 1.29 is 17.6 Å². The number of benzene rings is 2. The van der Waals surface area contributed by atoms with Gasteiger partial charge in [0.05, 0.1) is 0 Å². The molecule has 0 N–H and O–H groups in total. The molecule has 0 nitrogen and oxygen atoms in total. The first-order valence-corrected chi connectivity index (χ1v) is 13.2. The van der Waals surface area contributed by atoms with Crippen molar-refractivity contribution in [2.45, 2.75) is 84.0 Å². The zero-order valence-electron chi connectivity index (χ0n) is 20.9. The second kappa shape index (κ2) is 11.6. The normalized spacial score (nSPS) is 22.9. The molecular formula is C31H36F4. The zero-order valence-corrected chi connectivity index (χ0v) is 20.9. The van der Waals surface area contributed by atoms with Gasteiger partial charge in [0.2, 0.25) is 0 Å². The lowest BCUT2D eigenvalue weighted by molar-refractivity contribution is 0.303. The number of hydrogen-bond donors (Lipinski definition) is 0. The Bertz CT molecular complexity index is 1070. The average molecular weight is 485 g/mol. The summed E-state index contributed by atoms with van der Waals surface area (Å²) in [6, 6.07) is 11.1. The van der Waals surface area contributed by atoms with Crippen molar-refractivity contribution in [1.29, 1.82) is 0 Å². The monoisotopic (exact) mass is 484 g/mol. The van der Waals surface area contributed by atoms with Crippen LogP contribution in [0.15, 0.2) is 59.7 Å². The van der Waals surface area contributed by atoms with Crippen molar-refractivity contribution in [3.63, 3.8) is 0 Å². The Morgan fingerprint density at radius 3 is 2.17 bits per heavy atom. The minimum absolute atomic E-state index is 0.00462. The predicted octanol–water partition coefficient (Wildman–Crippen LogP) is 10.1. The van der Waals surface area contributed by atoms with Crippen molar-refractivity contribution >= 4 is 0 Å². The van der Waals surface area contributed by atoms with E-state index in [4.69, 9.17) is 0 Å². The number of aryl methyl sites for hydroxylation is 1. The Balaban J connectivity index is 1.35. The van der Waals surface area contributed by atoms with Crippen LogP contribution in [-0.4, -0.2) is 0 Å². The predicted molar refractivity (Wildman–Crippen MR) is 135 cm³/mol. The van der Waals surface area contributed by atoms with E-state index >= 15 is 8.78 Å². The number of hydrogen-bond acceptors (Lipinski definition) is 0. The van der Waals surface area contributed by atoms with Gasteiger partial charge >= 0.3 is 0 Å². The van der Waals surface area contributed by atoms with E-state index in [0.717, 1.165) is 44.9 Å². The summed E-state index contributed by atoms with van der Waals surface area (Å²) in [5, 5.41) is 0. The van der Waals surface area contributed by atoms with Crippen LogP contribution in [0.3, 0.4) is 0 Å². The molecule has 0 radical (unpaired) electrons. The van der Waals surface area contributed by atoms with E-state index < -0.39 is 23.3 Å². The third-order valence-electron chi connectivity index (χ3n) is 8.02. The van der Waals surface area contributed by atoms with Crippen LogP contribution in [0.1, 0.15) is 88.7 Å². The molecule has 2 aromatic rings. The Hall–Kier alpha value is -2.36. The van der Waals surface area contributed by atoms with Gasteiger partial charge in [-0.2, -0.15) is 0 Å². The fraction of sp³-hybridized carbons (Fsp3) is 0.484. The lowest BCUT2D eigenvalue weighted by Gasteiger charge is -2.30. The first kappa shape index (κ1) is 25.7. The van der Waals surface area contributed by atoms with E-state index in [0.29, 0.717) is 47.4 Å². The lowest BCUT2D eigenvalue weighted by atomic mass is 9.76. The Kier molecular flexibility index (Phi) is 8.51. The zero-order chi connectivity index (χ0) is 24.9. The van der Waals surface area contributed by atoms with Gasteiger partial charge in [-0.25, -0.2) is 17.6 Å². The third-order valence-corrected chi connectivity index (χ3v) is 8.02. The largest absolute Gasteiger partial charge is 0.208 e. The molecule has 4 heteroatoms. The fourth-order valence-corrected chi connectivity index (χ4v) is 5.73. The summed E-state index contributed by atoms with van der Waals surface area (Å²) in [6.07, 6.45) is 9.76. The molecule has 4 rings (SSSR count). The Morgan fingerprint density at radius 2 is 1.51 bits per heavy atom. The molecule has 2 aliphatic carbocycles. The van der Waals surface area contributed by atoms with Gasteiger partial charge in [0.25, 0.3) is 0 Å². The van der Waals surface area contributed by atoms with E-state index in [9.17, 15) is 8.78 Å². The molecule has 0 heterocycles. The van der Waals surface area contributed by atoms with Gasteiger partial charge in [0.1, 0.15) is 5.83 Å². The molecule has 0 unspecified atom stereocenters. The molecule has 35 heavy (non-hydrogen) atoms. The molecule has 0 aromatic heterocycles. The molecule has 0 amide bonds. The van der Waals surface area contributed by atoms with E-state index in [1.807, 2.05) is 37.3 Å². The standard InChI is InChI=1S/C31H36F4/c1-3-5-20-6-11-23(12-7-20)26-18-19-27(31(35)30(26)34)24-13-8-21(9-14-24)10-15-25-17-16-22(4-2)28(32)29(25)33/h6-7,11-12,17-19,21-22,24H,3-5,8-10,13-16H2,1-2H3/t21?,22-,24?/m0/s1. The van der Waals surface area contributed by atoms with Crippen molar-refractivity contribution in [3.8, 4) is 11.1 Å². The molecule has 2 aliphatic rings. The van der Waals surface area contributed by atoms with Gasteiger partial charge in [0, 0.05) is 11.5 Å². The Labute approximate surface area is 207 Å². The Morgan fingerprint density at radius 1 is 0.800 bits per heavy atom. The smallest absolute Gasteiger partial charge is 0.166 e. The van der Waals surface area contributed by atoms with Crippen LogP contribution in [0.25, 0.3) is 11.1 Å². The SMILES string of the molecule is CCCc1ccc(-c2ccc(C3CCC(CCC4=CC[C@H](CC)C(F)=C4F)CC3)c(F)c2F)cc1. The van der Waals surface area contributed by atoms with Gasteiger partial charge < -0.3 is 0 Å². The van der Waals surface area contributed by atoms with Crippen LogP contribution >= 0.6 is 0 Å². The van der Waals surface area contributed by atoms with Crippen LogP contribution < -0.4 is 0 Å². The van der Waals surface area contributed by atoms with Crippen molar-refractivity contribution in [2.24, 2.45) is 11.8 Å². The van der Waals surface area contributed by atoms with Gasteiger partial charge in [0.15, 0.2) is 17.5 Å². The van der Waals surface area contributed by atoms with Gasteiger partial charge in [-0.05, 0) is 91.9 Å². The van der Waals surface area contributed by atoms with E-state index in [1.165, 1.54) is 5.56 Å². The van der Waals surface area contributed by atoms with E-state index in [1.54, 1.807) is 12.1 Å². The van der Waals surface area contributed by atoms with E-state index in [2.05, 4.69) is 6.92 Å². The van der Waals surface area contributed by atoms with Crippen molar-refractivity contribution in [1.82, 2.24) is 0 Å². The summed E-state index contributed by atoms with van der Waals surface area (Å²) >= 11 is 0. The summed E-state index contributed by atoms with van der Waals surface area (Å²) in [4.78, 5) is 0. The highest BCUT2D eigenvalue weighted by atomic mass is 19.2. The quantitative estimate of drug-likeness (QED) is 0.327. The molecular weight excluding hydrogens is 448 g/mol. The summed E-state index contributed by atoms with van der Waals surface area (Å²) in [5.74, 6) is -2.68. The highest BCUT2D eigenvalue weighted by Gasteiger charge is 2.28.